The summed E-state index contributed by atoms with van der Waals surface area (Å²) >= 11 is 1.55. The van der Waals surface area contributed by atoms with Crippen molar-refractivity contribution in [3.63, 3.8) is 0 Å². The molecule has 1 amide bonds. The Hall–Kier alpha value is -1.59. The summed E-state index contributed by atoms with van der Waals surface area (Å²) in [6, 6.07) is 8.28. The van der Waals surface area contributed by atoms with Crippen molar-refractivity contribution in [3.05, 3.63) is 29.1 Å². The third kappa shape index (κ3) is 3.12. The molecule has 2 aromatic rings. The number of ether oxygens (including phenoxy) is 1. The van der Waals surface area contributed by atoms with Gasteiger partial charge >= 0.3 is 0 Å². The largest absolute Gasteiger partial charge is 0.491 e. The summed E-state index contributed by atoms with van der Waals surface area (Å²) in [7, 11) is 0. The zero-order valence-corrected chi connectivity index (χ0v) is 16.9. The molecule has 1 N–H and O–H groups in total. The van der Waals surface area contributed by atoms with Crippen LogP contribution >= 0.6 is 11.3 Å². The molecule has 3 fully saturated rings. The number of hydrogen-bond acceptors (Lipinski definition) is 4. The first kappa shape index (κ1) is 17.8. The summed E-state index contributed by atoms with van der Waals surface area (Å²) < 4.78 is 6.87. The lowest BCUT2D eigenvalue weighted by Gasteiger charge is -2.56. The number of thiophene rings is 1. The predicted octanol–water partition coefficient (Wildman–Crippen LogP) is 4.29. The van der Waals surface area contributed by atoms with Crippen molar-refractivity contribution in [2.24, 2.45) is 5.92 Å². The van der Waals surface area contributed by atoms with Crippen LogP contribution in [-0.2, 0) is 0 Å². The van der Waals surface area contributed by atoms with Crippen LogP contribution in [0.5, 0.6) is 5.75 Å². The predicted molar refractivity (Wildman–Crippen MR) is 107 cm³/mol. The van der Waals surface area contributed by atoms with Gasteiger partial charge in [-0.1, -0.05) is 0 Å². The van der Waals surface area contributed by atoms with E-state index in [9.17, 15) is 4.79 Å². The smallest absolute Gasteiger partial charge is 0.261 e. The van der Waals surface area contributed by atoms with E-state index < -0.39 is 0 Å². The van der Waals surface area contributed by atoms with Crippen molar-refractivity contribution >= 4 is 27.3 Å². The van der Waals surface area contributed by atoms with Crippen LogP contribution in [0.15, 0.2) is 24.3 Å². The number of carbonyl (C=O) groups excluding carboxylic acids is 1. The van der Waals surface area contributed by atoms with Gasteiger partial charge in [-0.3, -0.25) is 9.69 Å². The van der Waals surface area contributed by atoms with E-state index in [1.165, 1.54) is 12.8 Å². The first-order valence-electron chi connectivity index (χ1n) is 9.61. The first-order valence-corrected chi connectivity index (χ1v) is 10.4. The Kier molecular flexibility index (Phi) is 4.48. The van der Waals surface area contributed by atoms with Crippen molar-refractivity contribution in [2.45, 2.75) is 58.2 Å². The van der Waals surface area contributed by atoms with E-state index >= 15 is 0 Å². The molecule has 1 aromatic heterocycles. The van der Waals surface area contributed by atoms with Gasteiger partial charge in [0, 0.05) is 16.3 Å². The highest BCUT2D eigenvalue weighted by molar-refractivity contribution is 7.20. The van der Waals surface area contributed by atoms with Gasteiger partial charge in [0.05, 0.1) is 11.0 Å². The molecule has 3 aliphatic rings. The molecule has 3 saturated heterocycles. The Morgan fingerprint density at radius 3 is 2.65 bits per heavy atom. The SMILES string of the molecule is CC(C)Oc1ccc2cc(C(=O)NC3C4CCN(CC4)C3(C)C)sc2c1. The lowest BCUT2D eigenvalue weighted by Crippen LogP contribution is -2.69. The molecule has 0 spiro atoms. The number of nitrogens with one attached hydrogen (secondary N) is 1. The summed E-state index contributed by atoms with van der Waals surface area (Å²) in [5, 5.41) is 4.46. The minimum Gasteiger partial charge on any atom is -0.491 e. The monoisotopic (exact) mass is 372 g/mol. The number of hydrogen-bond donors (Lipinski definition) is 1. The Morgan fingerprint density at radius 2 is 2.00 bits per heavy atom. The Balaban J connectivity index is 1.54. The highest BCUT2D eigenvalue weighted by atomic mass is 32.1. The molecular formula is C21H28N2O2S. The number of carbonyl (C=O) groups is 1. The summed E-state index contributed by atoms with van der Waals surface area (Å²) in [6.45, 7) is 10.9. The van der Waals surface area contributed by atoms with E-state index in [0.29, 0.717) is 5.92 Å². The molecule has 0 radical (unpaired) electrons. The van der Waals surface area contributed by atoms with Crippen LogP contribution in [0.25, 0.3) is 10.1 Å². The van der Waals surface area contributed by atoms with Crippen LogP contribution in [0.1, 0.15) is 50.2 Å². The van der Waals surface area contributed by atoms with Crippen molar-refractivity contribution in [2.75, 3.05) is 13.1 Å². The Labute approximate surface area is 159 Å². The normalized spacial score (nSPS) is 27.0. The van der Waals surface area contributed by atoms with Gasteiger partial charge in [0.15, 0.2) is 0 Å². The molecule has 4 nitrogen and oxygen atoms in total. The van der Waals surface area contributed by atoms with Gasteiger partial charge in [-0.2, -0.15) is 0 Å². The zero-order chi connectivity index (χ0) is 18.5. The van der Waals surface area contributed by atoms with E-state index in [4.69, 9.17) is 4.74 Å². The van der Waals surface area contributed by atoms with Crippen molar-refractivity contribution in [1.82, 2.24) is 10.2 Å². The first-order chi connectivity index (χ1) is 12.3. The summed E-state index contributed by atoms with van der Waals surface area (Å²) in [5.74, 6) is 1.52. The van der Waals surface area contributed by atoms with Crippen LogP contribution in [-0.4, -0.2) is 41.6 Å². The van der Waals surface area contributed by atoms with Gasteiger partial charge in [-0.05, 0) is 89.2 Å². The van der Waals surface area contributed by atoms with Gasteiger partial charge in [0.1, 0.15) is 5.75 Å². The van der Waals surface area contributed by atoms with Crippen molar-refractivity contribution in [1.29, 1.82) is 0 Å². The number of amides is 1. The minimum atomic E-state index is 0.0335. The molecule has 3 aliphatic heterocycles. The van der Waals surface area contributed by atoms with Gasteiger partial charge in [0.2, 0.25) is 0 Å². The average Bonchev–Trinajstić information content (AvgIpc) is 3.01. The second-order valence-electron chi connectivity index (χ2n) is 8.41. The third-order valence-electron chi connectivity index (χ3n) is 5.96. The highest BCUT2D eigenvalue weighted by Crippen LogP contribution is 2.39. The number of nitrogens with zero attached hydrogens (tertiary/aromatic N) is 1. The fourth-order valence-electron chi connectivity index (χ4n) is 4.56. The number of piperidine rings is 3. The maximum absolute atomic E-state index is 13.0. The third-order valence-corrected chi connectivity index (χ3v) is 7.06. The quantitative estimate of drug-likeness (QED) is 0.870. The van der Waals surface area contributed by atoms with Gasteiger partial charge < -0.3 is 10.1 Å². The van der Waals surface area contributed by atoms with E-state index in [2.05, 4.69) is 24.1 Å². The topological polar surface area (TPSA) is 41.6 Å². The van der Waals surface area contributed by atoms with E-state index in [1.54, 1.807) is 11.3 Å². The van der Waals surface area contributed by atoms with E-state index in [1.807, 2.05) is 38.1 Å². The summed E-state index contributed by atoms with van der Waals surface area (Å²) in [5.41, 5.74) is 0.0335. The standard InChI is InChI=1S/C21H28N2O2S/c1-13(2)25-16-6-5-15-11-18(26-17(15)12-16)20(24)22-19-14-7-9-23(10-8-14)21(19,3)4/h5-6,11-14,19H,7-10H2,1-4H3,(H,22,24). The molecular weight excluding hydrogens is 344 g/mol. The number of rotatable bonds is 4. The molecule has 5 rings (SSSR count). The number of fused-ring (bicyclic) bond motifs is 4. The zero-order valence-electron chi connectivity index (χ0n) is 16.0. The molecule has 1 unspecified atom stereocenters. The molecule has 26 heavy (non-hydrogen) atoms. The van der Waals surface area contributed by atoms with Crippen LogP contribution < -0.4 is 10.1 Å². The lowest BCUT2D eigenvalue weighted by atomic mass is 9.72. The Bertz CT molecular complexity index is 819. The van der Waals surface area contributed by atoms with Gasteiger partial charge in [-0.15, -0.1) is 11.3 Å². The maximum Gasteiger partial charge on any atom is 0.261 e. The highest BCUT2D eigenvalue weighted by Gasteiger charge is 2.48. The molecule has 2 bridgehead atoms. The van der Waals surface area contributed by atoms with Crippen LogP contribution in [0.4, 0.5) is 0 Å². The summed E-state index contributed by atoms with van der Waals surface area (Å²) in [4.78, 5) is 16.3. The van der Waals surface area contributed by atoms with Crippen molar-refractivity contribution in [3.8, 4) is 5.75 Å². The molecule has 5 heteroatoms. The molecule has 1 atom stereocenters. The molecule has 0 saturated carbocycles. The van der Waals surface area contributed by atoms with Crippen LogP contribution in [0.3, 0.4) is 0 Å². The summed E-state index contributed by atoms with van der Waals surface area (Å²) in [6.07, 6.45) is 2.53. The minimum absolute atomic E-state index is 0.0335. The molecule has 0 aliphatic carbocycles. The van der Waals surface area contributed by atoms with Crippen LogP contribution in [0.2, 0.25) is 0 Å². The van der Waals surface area contributed by atoms with Gasteiger partial charge in [0.25, 0.3) is 5.91 Å². The molecule has 1 aromatic carbocycles. The van der Waals surface area contributed by atoms with E-state index in [0.717, 1.165) is 33.8 Å². The maximum atomic E-state index is 13.0. The average molecular weight is 373 g/mol. The van der Waals surface area contributed by atoms with Gasteiger partial charge in [-0.25, -0.2) is 0 Å². The van der Waals surface area contributed by atoms with E-state index in [-0.39, 0.29) is 23.6 Å². The Morgan fingerprint density at radius 1 is 1.27 bits per heavy atom. The second kappa shape index (κ2) is 6.54. The molecule has 140 valence electrons. The fourth-order valence-corrected chi connectivity index (χ4v) is 5.55. The lowest BCUT2D eigenvalue weighted by molar-refractivity contribution is -0.0377. The van der Waals surface area contributed by atoms with Crippen molar-refractivity contribution < 1.29 is 9.53 Å². The van der Waals surface area contributed by atoms with Crippen LogP contribution in [0, 0.1) is 5.92 Å². The second-order valence-corrected chi connectivity index (χ2v) is 9.49. The fraction of sp³-hybridized carbons (Fsp3) is 0.571. The number of benzene rings is 1. The molecule has 4 heterocycles.